The Morgan fingerprint density at radius 1 is 1.60 bits per heavy atom. The molecule has 0 saturated carbocycles. The number of nitrogens with zero attached hydrogens (tertiary/aromatic N) is 2. The Morgan fingerprint density at radius 3 is 3.07 bits per heavy atom. The fraction of sp³-hybridized carbons (Fsp3) is 0.167. The van der Waals surface area contributed by atoms with Gasteiger partial charge in [0.05, 0.1) is 0 Å². The molecular formula is C12H12N2O. The molecule has 3 nitrogen and oxygen atoms in total. The molecule has 0 saturated heterocycles. The average molecular weight is 200 g/mol. The van der Waals surface area contributed by atoms with E-state index in [2.05, 4.69) is 11.6 Å². The minimum absolute atomic E-state index is 0.0625. The molecule has 0 fully saturated rings. The van der Waals surface area contributed by atoms with Gasteiger partial charge in [0.25, 0.3) is 0 Å². The van der Waals surface area contributed by atoms with E-state index in [1.54, 1.807) is 30.7 Å². The quantitative estimate of drug-likeness (QED) is 0.700. The van der Waals surface area contributed by atoms with Crippen LogP contribution in [0.25, 0.3) is 0 Å². The number of hydrogen-bond acceptors (Lipinski definition) is 3. The fourth-order valence-electron chi connectivity index (χ4n) is 1.58. The summed E-state index contributed by atoms with van der Waals surface area (Å²) in [6.07, 6.45) is 7.61. The van der Waals surface area contributed by atoms with E-state index in [0.29, 0.717) is 5.56 Å². The van der Waals surface area contributed by atoms with Gasteiger partial charge in [-0.1, -0.05) is 6.58 Å². The molecule has 0 spiro atoms. The molecule has 1 aromatic rings. The number of aromatic nitrogens is 1. The zero-order chi connectivity index (χ0) is 10.7. The Kier molecular flexibility index (Phi) is 2.63. The molecule has 0 unspecified atom stereocenters. The van der Waals surface area contributed by atoms with Gasteiger partial charge in [-0.25, -0.2) is 0 Å². The van der Waals surface area contributed by atoms with Crippen LogP contribution in [0.2, 0.25) is 0 Å². The summed E-state index contributed by atoms with van der Waals surface area (Å²) in [6.45, 7) is 4.51. The third kappa shape index (κ3) is 1.96. The first-order valence-corrected chi connectivity index (χ1v) is 4.85. The predicted molar refractivity (Wildman–Crippen MR) is 58.2 cm³/mol. The summed E-state index contributed by atoms with van der Waals surface area (Å²) < 4.78 is 0. The summed E-state index contributed by atoms with van der Waals surface area (Å²) in [7, 11) is 0. The molecule has 0 aliphatic carbocycles. The van der Waals surface area contributed by atoms with Crippen molar-refractivity contribution in [1.29, 1.82) is 0 Å². The Hall–Kier alpha value is -1.90. The number of Topliss-reactive ketones (excluding diaryl/α,β-unsaturated/α-hetero) is 1. The van der Waals surface area contributed by atoms with Crippen LogP contribution in [0.3, 0.4) is 0 Å². The van der Waals surface area contributed by atoms with Crippen LogP contribution in [-0.2, 0) is 0 Å². The predicted octanol–water partition coefficient (Wildman–Crippen LogP) is 2.00. The molecule has 76 valence electrons. The van der Waals surface area contributed by atoms with Gasteiger partial charge in [0, 0.05) is 36.3 Å². The van der Waals surface area contributed by atoms with Crippen LogP contribution in [0.4, 0.5) is 0 Å². The highest BCUT2D eigenvalue weighted by Gasteiger charge is 2.18. The number of carbonyl (C=O) groups is 1. The van der Waals surface area contributed by atoms with Crippen LogP contribution in [0, 0.1) is 0 Å². The highest BCUT2D eigenvalue weighted by molar-refractivity contribution is 6.08. The highest BCUT2D eigenvalue weighted by atomic mass is 16.1. The summed E-state index contributed by atoms with van der Waals surface area (Å²) in [6, 6.07) is 3.56. The third-order valence-corrected chi connectivity index (χ3v) is 2.41. The normalized spacial score (nSPS) is 14.9. The van der Waals surface area contributed by atoms with E-state index in [4.69, 9.17) is 0 Å². The van der Waals surface area contributed by atoms with Crippen molar-refractivity contribution in [3.05, 3.63) is 54.6 Å². The van der Waals surface area contributed by atoms with Gasteiger partial charge in [-0.3, -0.25) is 9.78 Å². The van der Waals surface area contributed by atoms with Crippen molar-refractivity contribution in [2.75, 3.05) is 6.54 Å². The second-order valence-corrected chi connectivity index (χ2v) is 3.40. The van der Waals surface area contributed by atoms with Crippen molar-refractivity contribution in [3.8, 4) is 0 Å². The Balaban J connectivity index is 2.20. The summed E-state index contributed by atoms with van der Waals surface area (Å²) in [5.41, 5.74) is 1.47. The van der Waals surface area contributed by atoms with Crippen molar-refractivity contribution in [3.63, 3.8) is 0 Å². The zero-order valence-corrected chi connectivity index (χ0v) is 8.39. The van der Waals surface area contributed by atoms with Crippen LogP contribution in [0.1, 0.15) is 16.8 Å². The second-order valence-electron chi connectivity index (χ2n) is 3.40. The van der Waals surface area contributed by atoms with Crippen molar-refractivity contribution in [2.24, 2.45) is 0 Å². The van der Waals surface area contributed by atoms with E-state index < -0.39 is 0 Å². The zero-order valence-electron chi connectivity index (χ0n) is 8.39. The monoisotopic (exact) mass is 200 g/mol. The molecule has 0 radical (unpaired) electrons. The molecule has 1 aliphatic heterocycles. The van der Waals surface area contributed by atoms with Gasteiger partial charge >= 0.3 is 0 Å². The van der Waals surface area contributed by atoms with Crippen molar-refractivity contribution >= 4 is 5.78 Å². The average Bonchev–Trinajstić information content (AvgIpc) is 2.78. The number of carbonyl (C=O) groups excluding carboxylic acids is 1. The maximum atomic E-state index is 11.9. The van der Waals surface area contributed by atoms with Crippen molar-refractivity contribution < 1.29 is 4.79 Å². The van der Waals surface area contributed by atoms with Crippen LogP contribution >= 0.6 is 0 Å². The first-order valence-electron chi connectivity index (χ1n) is 4.85. The summed E-state index contributed by atoms with van der Waals surface area (Å²) >= 11 is 0. The maximum absolute atomic E-state index is 11.9. The number of rotatable bonds is 3. The lowest BCUT2D eigenvalue weighted by Gasteiger charge is -2.04. The first kappa shape index (κ1) is 9.65. The lowest BCUT2D eigenvalue weighted by molar-refractivity contribution is 0.103. The maximum Gasteiger partial charge on any atom is 0.192 e. The summed E-state index contributed by atoms with van der Waals surface area (Å²) in [4.78, 5) is 17.8. The van der Waals surface area contributed by atoms with Crippen LogP contribution in [0.5, 0.6) is 0 Å². The Labute approximate surface area is 88.7 Å². The minimum atomic E-state index is 0.0625. The van der Waals surface area contributed by atoms with Gasteiger partial charge in [0.15, 0.2) is 5.78 Å². The molecule has 15 heavy (non-hydrogen) atoms. The van der Waals surface area contributed by atoms with E-state index in [0.717, 1.165) is 18.5 Å². The van der Waals surface area contributed by atoms with Gasteiger partial charge in [-0.05, 0) is 24.8 Å². The lowest BCUT2D eigenvalue weighted by Crippen LogP contribution is -2.03. The van der Waals surface area contributed by atoms with Gasteiger partial charge in [-0.2, -0.15) is 0 Å². The van der Waals surface area contributed by atoms with E-state index >= 15 is 0 Å². The van der Waals surface area contributed by atoms with Crippen molar-refractivity contribution in [1.82, 2.24) is 9.88 Å². The smallest absolute Gasteiger partial charge is 0.192 e. The molecule has 1 aromatic heterocycles. The standard InChI is InChI=1S/C12H12N2O/c1-2-14-7-5-11(9-14)12(15)10-4-3-6-13-8-10/h2-4,6,8-9H,1,5,7H2. The molecule has 0 N–H and O–H groups in total. The SMILES string of the molecule is C=CN1C=C(C(=O)c2cccnc2)CC1. The molecule has 0 amide bonds. The lowest BCUT2D eigenvalue weighted by atomic mass is 10.1. The van der Waals surface area contributed by atoms with Gasteiger partial charge in [0.2, 0.25) is 0 Å². The van der Waals surface area contributed by atoms with Gasteiger partial charge in [-0.15, -0.1) is 0 Å². The minimum Gasteiger partial charge on any atom is -0.354 e. The van der Waals surface area contributed by atoms with Gasteiger partial charge < -0.3 is 4.90 Å². The molecule has 0 aromatic carbocycles. The van der Waals surface area contributed by atoms with E-state index in [-0.39, 0.29) is 5.78 Å². The third-order valence-electron chi connectivity index (χ3n) is 2.41. The highest BCUT2D eigenvalue weighted by Crippen LogP contribution is 2.18. The van der Waals surface area contributed by atoms with Crippen molar-refractivity contribution in [2.45, 2.75) is 6.42 Å². The topological polar surface area (TPSA) is 33.2 Å². The largest absolute Gasteiger partial charge is 0.354 e. The van der Waals surface area contributed by atoms with E-state index in [1.165, 1.54) is 0 Å². The molecule has 0 bridgehead atoms. The number of pyridine rings is 1. The molecule has 2 heterocycles. The molecule has 2 rings (SSSR count). The Bertz CT molecular complexity index is 409. The van der Waals surface area contributed by atoms with Crippen LogP contribution in [-0.4, -0.2) is 22.2 Å². The molecule has 1 aliphatic rings. The first-order chi connectivity index (χ1) is 7.31. The fourth-order valence-corrected chi connectivity index (χ4v) is 1.58. The van der Waals surface area contributed by atoms with Crippen LogP contribution < -0.4 is 0 Å². The van der Waals surface area contributed by atoms with E-state index in [9.17, 15) is 4.79 Å². The summed E-state index contributed by atoms with van der Waals surface area (Å²) in [5, 5.41) is 0. The number of hydrogen-bond donors (Lipinski definition) is 0. The Morgan fingerprint density at radius 2 is 2.47 bits per heavy atom. The number of ketones is 1. The van der Waals surface area contributed by atoms with Gasteiger partial charge in [0.1, 0.15) is 0 Å². The summed E-state index contributed by atoms with van der Waals surface area (Å²) in [5.74, 6) is 0.0625. The molecule has 0 atom stereocenters. The van der Waals surface area contributed by atoms with E-state index in [1.807, 2.05) is 11.1 Å². The second kappa shape index (κ2) is 4.09. The van der Waals surface area contributed by atoms with Crippen LogP contribution in [0.15, 0.2) is 49.1 Å². The molecule has 3 heteroatoms. The molecular weight excluding hydrogens is 188 g/mol.